The van der Waals surface area contributed by atoms with Crippen LogP contribution in [0.15, 0.2) is 30.3 Å². The Morgan fingerprint density at radius 2 is 2.16 bits per heavy atom. The molecule has 0 aromatic heterocycles. The van der Waals surface area contributed by atoms with Gasteiger partial charge in [0.2, 0.25) is 5.91 Å². The second-order valence-corrected chi connectivity index (χ2v) is 5.38. The molecule has 104 valence electrons. The van der Waals surface area contributed by atoms with E-state index in [-0.39, 0.29) is 18.0 Å². The van der Waals surface area contributed by atoms with E-state index < -0.39 is 0 Å². The predicted octanol–water partition coefficient (Wildman–Crippen LogP) is 1.16. The van der Waals surface area contributed by atoms with E-state index in [2.05, 4.69) is 27.7 Å². The molecule has 4 nitrogen and oxygen atoms in total. The van der Waals surface area contributed by atoms with Crippen molar-refractivity contribution in [3.63, 3.8) is 0 Å². The summed E-state index contributed by atoms with van der Waals surface area (Å²) in [6.07, 6.45) is 2.02. The first-order chi connectivity index (χ1) is 9.16. The average molecular weight is 261 g/mol. The van der Waals surface area contributed by atoms with Crippen LogP contribution in [0.1, 0.15) is 24.4 Å². The van der Waals surface area contributed by atoms with Gasteiger partial charge < -0.3 is 15.5 Å². The van der Waals surface area contributed by atoms with Gasteiger partial charge in [0, 0.05) is 6.54 Å². The van der Waals surface area contributed by atoms with E-state index >= 15 is 0 Å². The molecule has 0 aliphatic carbocycles. The van der Waals surface area contributed by atoms with Crippen LogP contribution >= 0.6 is 0 Å². The fraction of sp³-hybridized carbons (Fsp3) is 0.533. The second-order valence-electron chi connectivity index (χ2n) is 5.38. The summed E-state index contributed by atoms with van der Waals surface area (Å²) in [5.74, 6) is 0.119. The smallest absolute Gasteiger partial charge is 0.237 e. The lowest BCUT2D eigenvalue weighted by atomic mass is 10.1. The van der Waals surface area contributed by atoms with Crippen LogP contribution in [0.3, 0.4) is 0 Å². The molecule has 1 aromatic rings. The monoisotopic (exact) mass is 261 g/mol. The summed E-state index contributed by atoms with van der Waals surface area (Å²) in [5.41, 5.74) is 1.16. The van der Waals surface area contributed by atoms with E-state index in [1.807, 2.05) is 32.3 Å². The molecule has 1 fully saturated rings. The number of carbonyl (C=O) groups excluding carboxylic acids is 1. The summed E-state index contributed by atoms with van der Waals surface area (Å²) in [6, 6.07) is 10.2. The molecule has 0 unspecified atom stereocenters. The molecule has 19 heavy (non-hydrogen) atoms. The van der Waals surface area contributed by atoms with Crippen molar-refractivity contribution in [1.82, 2.24) is 15.5 Å². The molecule has 1 saturated heterocycles. The molecule has 1 aliphatic heterocycles. The van der Waals surface area contributed by atoms with Crippen molar-refractivity contribution in [2.75, 3.05) is 27.2 Å². The van der Waals surface area contributed by atoms with E-state index in [0.29, 0.717) is 0 Å². The zero-order valence-electron chi connectivity index (χ0n) is 11.7. The van der Waals surface area contributed by atoms with Gasteiger partial charge in [0.15, 0.2) is 0 Å². The summed E-state index contributed by atoms with van der Waals surface area (Å²) in [6.45, 7) is 1.75. The average Bonchev–Trinajstić information content (AvgIpc) is 2.92. The van der Waals surface area contributed by atoms with Gasteiger partial charge in [-0.3, -0.25) is 4.79 Å². The second kappa shape index (κ2) is 6.68. The molecule has 2 rings (SSSR count). The van der Waals surface area contributed by atoms with Crippen molar-refractivity contribution in [2.45, 2.75) is 24.9 Å². The Morgan fingerprint density at radius 1 is 1.42 bits per heavy atom. The first-order valence-electron chi connectivity index (χ1n) is 6.90. The SMILES string of the molecule is CN(C)C[C@@H](NC(=O)[C@H]1CCCN1)c1ccccc1. The van der Waals surface area contributed by atoms with Crippen LogP contribution < -0.4 is 10.6 Å². The highest BCUT2D eigenvalue weighted by atomic mass is 16.2. The van der Waals surface area contributed by atoms with Gasteiger partial charge in [0.25, 0.3) is 0 Å². The van der Waals surface area contributed by atoms with Crippen LogP contribution in [0.5, 0.6) is 0 Å². The van der Waals surface area contributed by atoms with E-state index in [9.17, 15) is 4.79 Å². The lowest BCUT2D eigenvalue weighted by molar-refractivity contribution is -0.123. The number of carbonyl (C=O) groups is 1. The van der Waals surface area contributed by atoms with Crippen LogP contribution in [0.2, 0.25) is 0 Å². The number of nitrogens with zero attached hydrogens (tertiary/aromatic N) is 1. The number of hydrogen-bond acceptors (Lipinski definition) is 3. The Kier molecular flexibility index (Phi) is 4.93. The maximum Gasteiger partial charge on any atom is 0.237 e. The van der Waals surface area contributed by atoms with Crippen LogP contribution in [-0.2, 0) is 4.79 Å². The first-order valence-corrected chi connectivity index (χ1v) is 6.90. The van der Waals surface area contributed by atoms with Crippen molar-refractivity contribution >= 4 is 5.91 Å². The highest BCUT2D eigenvalue weighted by Gasteiger charge is 2.24. The molecule has 2 N–H and O–H groups in total. The Hall–Kier alpha value is -1.39. The number of amides is 1. The Bertz CT molecular complexity index is 399. The minimum absolute atomic E-state index is 0.0200. The van der Waals surface area contributed by atoms with Crippen LogP contribution in [0.25, 0.3) is 0 Å². The number of hydrogen-bond donors (Lipinski definition) is 2. The molecule has 1 aliphatic rings. The summed E-state index contributed by atoms with van der Waals surface area (Å²) in [5, 5.41) is 6.40. The van der Waals surface area contributed by atoms with Gasteiger partial charge in [-0.15, -0.1) is 0 Å². The third kappa shape index (κ3) is 4.04. The maximum atomic E-state index is 12.2. The molecule has 0 bridgehead atoms. The Labute approximate surface area is 115 Å². The largest absolute Gasteiger partial charge is 0.347 e. The molecule has 0 saturated carbocycles. The molecule has 2 atom stereocenters. The number of rotatable bonds is 5. The molecule has 1 heterocycles. The lowest BCUT2D eigenvalue weighted by Gasteiger charge is -2.24. The standard InChI is InChI=1S/C15H23N3O/c1-18(2)11-14(12-7-4-3-5-8-12)17-15(19)13-9-6-10-16-13/h3-5,7-8,13-14,16H,6,9-11H2,1-2H3,(H,17,19)/t13-,14-/m1/s1. The molecule has 1 amide bonds. The third-order valence-corrected chi connectivity index (χ3v) is 3.44. The van der Waals surface area contributed by atoms with Crippen molar-refractivity contribution in [3.05, 3.63) is 35.9 Å². The summed E-state index contributed by atoms with van der Waals surface area (Å²) >= 11 is 0. The van der Waals surface area contributed by atoms with Crippen molar-refractivity contribution < 1.29 is 4.79 Å². The van der Waals surface area contributed by atoms with Crippen LogP contribution in [0.4, 0.5) is 0 Å². The van der Waals surface area contributed by atoms with Crippen LogP contribution in [0, 0.1) is 0 Å². The van der Waals surface area contributed by atoms with Gasteiger partial charge in [-0.25, -0.2) is 0 Å². The highest BCUT2D eigenvalue weighted by molar-refractivity contribution is 5.82. The highest BCUT2D eigenvalue weighted by Crippen LogP contribution is 2.14. The fourth-order valence-electron chi connectivity index (χ4n) is 2.47. The fourth-order valence-corrected chi connectivity index (χ4v) is 2.47. The Balaban J connectivity index is 2.03. The van der Waals surface area contributed by atoms with Crippen LogP contribution in [-0.4, -0.2) is 44.0 Å². The zero-order chi connectivity index (χ0) is 13.7. The predicted molar refractivity (Wildman–Crippen MR) is 76.9 cm³/mol. The topological polar surface area (TPSA) is 44.4 Å². The molecule has 0 spiro atoms. The van der Waals surface area contributed by atoms with E-state index in [0.717, 1.165) is 31.5 Å². The maximum absolute atomic E-state index is 12.2. The van der Waals surface area contributed by atoms with Gasteiger partial charge in [0.1, 0.15) is 0 Å². The zero-order valence-corrected chi connectivity index (χ0v) is 11.7. The van der Waals surface area contributed by atoms with Gasteiger partial charge in [-0.1, -0.05) is 30.3 Å². The van der Waals surface area contributed by atoms with Gasteiger partial charge in [-0.05, 0) is 39.0 Å². The van der Waals surface area contributed by atoms with Gasteiger partial charge in [0.05, 0.1) is 12.1 Å². The third-order valence-electron chi connectivity index (χ3n) is 3.44. The lowest BCUT2D eigenvalue weighted by Crippen LogP contribution is -2.44. The number of likely N-dealkylation sites (N-methyl/N-ethyl adjacent to an activating group) is 1. The Morgan fingerprint density at radius 3 is 2.74 bits per heavy atom. The normalized spacial score (nSPS) is 20.5. The minimum atomic E-state index is -0.0200. The van der Waals surface area contributed by atoms with Crippen molar-refractivity contribution in [1.29, 1.82) is 0 Å². The van der Waals surface area contributed by atoms with E-state index in [1.165, 1.54) is 0 Å². The summed E-state index contributed by atoms with van der Waals surface area (Å²) < 4.78 is 0. The van der Waals surface area contributed by atoms with E-state index in [4.69, 9.17) is 0 Å². The quantitative estimate of drug-likeness (QED) is 0.836. The molecule has 0 radical (unpaired) electrons. The molecular weight excluding hydrogens is 238 g/mol. The van der Waals surface area contributed by atoms with Gasteiger partial charge in [-0.2, -0.15) is 0 Å². The summed E-state index contributed by atoms with van der Waals surface area (Å²) in [4.78, 5) is 14.3. The van der Waals surface area contributed by atoms with Crippen molar-refractivity contribution in [3.8, 4) is 0 Å². The molecular formula is C15H23N3O. The minimum Gasteiger partial charge on any atom is -0.347 e. The van der Waals surface area contributed by atoms with Crippen molar-refractivity contribution in [2.24, 2.45) is 0 Å². The van der Waals surface area contributed by atoms with E-state index in [1.54, 1.807) is 0 Å². The number of nitrogens with one attached hydrogen (secondary N) is 2. The molecule has 4 heteroatoms. The molecule has 1 aromatic carbocycles. The first kappa shape index (κ1) is 14.0. The summed E-state index contributed by atoms with van der Waals surface area (Å²) in [7, 11) is 4.05. The van der Waals surface area contributed by atoms with Gasteiger partial charge >= 0.3 is 0 Å². The number of benzene rings is 1.